The van der Waals surface area contributed by atoms with Crippen LogP contribution in [0.25, 0.3) is 0 Å². The monoisotopic (exact) mass is 238 g/mol. The minimum Gasteiger partial charge on any atom is -0.481 e. The smallest absolute Gasteiger partial charge is 0.303 e. The zero-order valence-corrected chi connectivity index (χ0v) is 10.4. The molecule has 1 aromatic rings. The van der Waals surface area contributed by atoms with Crippen molar-refractivity contribution >= 4 is 5.97 Å². The largest absolute Gasteiger partial charge is 0.481 e. The van der Waals surface area contributed by atoms with E-state index in [9.17, 15) is 4.79 Å². The van der Waals surface area contributed by atoms with Crippen molar-refractivity contribution in [1.82, 2.24) is 9.97 Å². The highest BCUT2D eigenvalue weighted by molar-refractivity contribution is 5.66. The number of nitrogens with zero attached hydrogens (tertiary/aromatic N) is 2. The normalized spacial score (nSPS) is 10.6. The molecule has 1 aromatic heterocycles. The molecule has 0 unspecified atom stereocenters. The second kappa shape index (κ2) is 6.18. The van der Waals surface area contributed by atoms with Gasteiger partial charge in [-0.05, 0) is 18.8 Å². The number of carboxylic acid groups (broad SMARTS) is 1. The summed E-state index contributed by atoms with van der Waals surface area (Å²) in [6.07, 6.45) is 2.83. The van der Waals surface area contributed by atoms with E-state index in [0.717, 1.165) is 11.3 Å². The second-order valence-electron chi connectivity index (χ2n) is 4.15. The van der Waals surface area contributed by atoms with E-state index in [1.54, 1.807) is 7.11 Å². The number of carbonyl (C=O) groups is 1. The fourth-order valence-electron chi connectivity index (χ4n) is 1.73. The first-order chi connectivity index (χ1) is 8.06. The molecule has 0 spiro atoms. The third-order valence-electron chi connectivity index (χ3n) is 2.50. The van der Waals surface area contributed by atoms with Crippen LogP contribution in [0.1, 0.15) is 43.9 Å². The molecule has 0 radical (unpaired) electrons. The van der Waals surface area contributed by atoms with Crippen LogP contribution in [0.4, 0.5) is 0 Å². The molecule has 1 heterocycles. The number of aromatic nitrogens is 2. The van der Waals surface area contributed by atoms with Gasteiger partial charge in [0.05, 0.1) is 12.8 Å². The fraction of sp³-hybridized carbons (Fsp3) is 0.583. The van der Waals surface area contributed by atoms with Crippen LogP contribution in [0.3, 0.4) is 0 Å². The quantitative estimate of drug-likeness (QED) is 0.820. The van der Waals surface area contributed by atoms with E-state index >= 15 is 0 Å². The van der Waals surface area contributed by atoms with Crippen LogP contribution in [-0.2, 0) is 11.2 Å². The summed E-state index contributed by atoms with van der Waals surface area (Å²) in [4.78, 5) is 18.8. The van der Waals surface area contributed by atoms with E-state index in [0.29, 0.717) is 18.7 Å². The Balaban J connectivity index is 2.89. The molecule has 0 saturated heterocycles. The molecule has 0 aliphatic heterocycles. The lowest BCUT2D eigenvalue weighted by atomic mass is 10.0. The summed E-state index contributed by atoms with van der Waals surface area (Å²) in [5.41, 5.74) is 1.86. The van der Waals surface area contributed by atoms with Gasteiger partial charge in [0.2, 0.25) is 5.88 Å². The van der Waals surface area contributed by atoms with Crippen molar-refractivity contribution in [2.24, 2.45) is 0 Å². The third-order valence-corrected chi connectivity index (χ3v) is 2.50. The van der Waals surface area contributed by atoms with E-state index in [2.05, 4.69) is 9.97 Å². The maximum absolute atomic E-state index is 10.5. The number of methoxy groups -OCH3 is 1. The minimum absolute atomic E-state index is 0.148. The van der Waals surface area contributed by atoms with Gasteiger partial charge in [-0.2, -0.15) is 0 Å². The summed E-state index contributed by atoms with van der Waals surface area (Å²) in [6.45, 7) is 4.09. The Morgan fingerprint density at radius 1 is 1.47 bits per heavy atom. The van der Waals surface area contributed by atoms with Gasteiger partial charge in [-0.1, -0.05) is 13.8 Å². The molecule has 94 valence electrons. The van der Waals surface area contributed by atoms with Crippen LogP contribution in [0.5, 0.6) is 5.88 Å². The summed E-state index contributed by atoms with van der Waals surface area (Å²) in [5.74, 6) is 0.0349. The number of hydrogen-bond acceptors (Lipinski definition) is 4. The first-order valence-electron chi connectivity index (χ1n) is 5.65. The fourth-order valence-corrected chi connectivity index (χ4v) is 1.73. The van der Waals surface area contributed by atoms with Gasteiger partial charge < -0.3 is 9.84 Å². The van der Waals surface area contributed by atoms with E-state index in [-0.39, 0.29) is 12.3 Å². The van der Waals surface area contributed by atoms with Crippen LogP contribution >= 0.6 is 0 Å². The van der Waals surface area contributed by atoms with Gasteiger partial charge in [0.15, 0.2) is 0 Å². The van der Waals surface area contributed by atoms with Gasteiger partial charge in [-0.3, -0.25) is 4.79 Å². The summed E-state index contributed by atoms with van der Waals surface area (Å²) < 4.78 is 5.20. The number of carboxylic acids is 1. The van der Waals surface area contributed by atoms with E-state index in [1.165, 1.54) is 6.33 Å². The molecule has 0 aliphatic carbocycles. The molecule has 0 saturated carbocycles. The molecule has 1 rings (SSSR count). The van der Waals surface area contributed by atoms with Crippen molar-refractivity contribution in [2.75, 3.05) is 7.11 Å². The third kappa shape index (κ3) is 3.69. The molecule has 0 fully saturated rings. The molecule has 0 bridgehead atoms. The molecule has 5 nitrogen and oxygen atoms in total. The number of ether oxygens (including phenoxy) is 1. The Morgan fingerprint density at radius 3 is 2.71 bits per heavy atom. The van der Waals surface area contributed by atoms with Crippen LogP contribution < -0.4 is 4.74 Å². The molecule has 0 atom stereocenters. The minimum atomic E-state index is -0.785. The molecule has 0 amide bonds. The number of aliphatic carboxylic acids is 1. The van der Waals surface area contributed by atoms with E-state index < -0.39 is 5.97 Å². The Kier molecular flexibility index (Phi) is 4.87. The van der Waals surface area contributed by atoms with Gasteiger partial charge >= 0.3 is 5.97 Å². The highest BCUT2D eigenvalue weighted by Gasteiger charge is 2.14. The molecular formula is C12H18N2O3. The molecule has 0 aromatic carbocycles. The highest BCUT2D eigenvalue weighted by Crippen LogP contribution is 2.25. The summed E-state index contributed by atoms with van der Waals surface area (Å²) >= 11 is 0. The van der Waals surface area contributed by atoms with Crippen LogP contribution in [0.15, 0.2) is 6.33 Å². The lowest BCUT2D eigenvalue weighted by Crippen LogP contribution is -2.06. The van der Waals surface area contributed by atoms with Crippen LogP contribution in [0.2, 0.25) is 0 Å². The maximum Gasteiger partial charge on any atom is 0.303 e. The summed E-state index contributed by atoms with van der Waals surface area (Å²) in [7, 11) is 1.56. The van der Waals surface area contributed by atoms with Gasteiger partial charge in [0.1, 0.15) is 6.33 Å². The molecule has 17 heavy (non-hydrogen) atoms. The van der Waals surface area contributed by atoms with Crippen molar-refractivity contribution in [2.45, 2.75) is 39.0 Å². The van der Waals surface area contributed by atoms with Crippen LogP contribution in [0, 0.1) is 0 Å². The molecular weight excluding hydrogens is 220 g/mol. The van der Waals surface area contributed by atoms with Gasteiger partial charge in [0.25, 0.3) is 0 Å². The van der Waals surface area contributed by atoms with Crippen LogP contribution in [-0.4, -0.2) is 28.2 Å². The summed E-state index contributed by atoms with van der Waals surface area (Å²) in [6, 6.07) is 0. The second-order valence-corrected chi connectivity index (χ2v) is 4.15. The predicted octanol–water partition coefficient (Wildman–Crippen LogP) is 2.02. The zero-order chi connectivity index (χ0) is 12.8. The highest BCUT2D eigenvalue weighted by atomic mass is 16.5. The number of rotatable bonds is 6. The predicted molar refractivity (Wildman–Crippen MR) is 63.2 cm³/mol. The molecule has 5 heteroatoms. The zero-order valence-electron chi connectivity index (χ0n) is 10.4. The van der Waals surface area contributed by atoms with Gasteiger partial charge in [0, 0.05) is 12.0 Å². The molecule has 1 N–H and O–H groups in total. The Morgan fingerprint density at radius 2 is 2.18 bits per heavy atom. The molecule has 0 aliphatic rings. The average Bonchev–Trinajstić information content (AvgIpc) is 2.28. The lowest BCUT2D eigenvalue weighted by molar-refractivity contribution is -0.137. The van der Waals surface area contributed by atoms with E-state index in [4.69, 9.17) is 9.84 Å². The van der Waals surface area contributed by atoms with Gasteiger partial charge in [-0.15, -0.1) is 0 Å². The maximum atomic E-state index is 10.5. The standard InChI is InChI=1S/C12H18N2O3/c1-8(2)11-9(5-4-6-10(15)16)12(17-3)14-7-13-11/h7-8H,4-6H2,1-3H3,(H,15,16). The van der Waals surface area contributed by atoms with Crippen molar-refractivity contribution in [3.63, 3.8) is 0 Å². The van der Waals surface area contributed by atoms with Crippen molar-refractivity contribution < 1.29 is 14.6 Å². The Hall–Kier alpha value is -1.65. The van der Waals surface area contributed by atoms with Crippen molar-refractivity contribution in [1.29, 1.82) is 0 Å². The Bertz CT molecular complexity index is 391. The SMILES string of the molecule is COc1ncnc(C(C)C)c1CCCC(=O)O. The van der Waals surface area contributed by atoms with Gasteiger partial charge in [-0.25, -0.2) is 9.97 Å². The Labute approximate surface area is 101 Å². The van der Waals surface area contributed by atoms with Crippen molar-refractivity contribution in [3.05, 3.63) is 17.6 Å². The summed E-state index contributed by atoms with van der Waals surface area (Å²) in [5, 5.41) is 8.63. The topological polar surface area (TPSA) is 72.3 Å². The first-order valence-corrected chi connectivity index (χ1v) is 5.65. The van der Waals surface area contributed by atoms with E-state index in [1.807, 2.05) is 13.8 Å². The lowest BCUT2D eigenvalue weighted by Gasteiger charge is -2.13. The number of hydrogen-bond donors (Lipinski definition) is 1. The van der Waals surface area contributed by atoms with Crippen molar-refractivity contribution in [3.8, 4) is 5.88 Å². The first kappa shape index (κ1) is 13.4. The average molecular weight is 238 g/mol.